The minimum atomic E-state index is -3.54. The first-order valence-corrected chi connectivity index (χ1v) is 8.79. The molecule has 112 valence electrons. The van der Waals surface area contributed by atoms with E-state index in [9.17, 15) is 13.5 Å². The maximum Gasteiger partial charge on any atom is 0.244 e. The number of sulfonamides is 1. The second kappa shape index (κ2) is 6.01. The van der Waals surface area contributed by atoms with Crippen LogP contribution in [0.5, 0.6) is 0 Å². The number of piperidine rings is 1. The maximum absolute atomic E-state index is 12.6. The number of aliphatic hydroxyl groups excluding tert-OH is 1. The van der Waals surface area contributed by atoms with Crippen LogP contribution in [0.4, 0.5) is 5.69 Å². The van der Waals surface area contributed by atoms with E-state index in [2.05, 4.69) is 15.9 Å². The van der Waals surface area contributed by atoms with Crippen molar-refractivity contribution in [2.75, 3.05) is 18.8 Å². The summed E-state index contributed by atoms with van der Waals surface area (Å²) in [5, 5.41) is 9.57. The Hall–Kier alpha value is -0.630. The van der Waals surface area contributed by atoms with Crippen LogP contribution in [-0.4, -0.2) is 37.0 Å². The zero-order valence-corrected chi connectivity index (χ0v) is 13.7. The molecule has 1 aromatic carbocycles. The second-order valence-electron chi connectivity index (χ2n) is 5.17. The van der Waals surface area contributed by atoms with E-state index in [1.807, 2.05) is 0 Å². The Morgan fingerprint density at radius 2 is 2.00 bits per heavy atom. The van der Waals surface area contributed by atoms with Crippen LogP contribution in [0.2, 0.25) is 0 Å². The first kappa shape index (κ1) is 15.8. The van der Waals surface area contributed by atoms with Gasteiger partial charge in [-0.15, -0.1) is 0 Å². The van der Waals surface area contributed by atoms with Gasteiger partial charge in [0.1, 0.15) is 0 Å². The molecule has 3 N–H and O–H groups in total. The number of rotatable bonds is 3. The third kappa shape index (κ3) is 3.16. The first-order chi connectivity index (χ1) is 9.32. The van der Waals surface area contributed by atoms with Gasteiger partial charge in [0.15, 0.2) is 0 Å². The molecule has 0 radical (unpaired) electrons. The van der Waals surface area contributed by atoms with Gasteiger partial charge in [-0.25, -0.2) is 8.42 Å². The highest BCUT2D eigenvalue weighted by atomic mass is 79.9. The number of nitrogen functional groups attached to an aromatic ring is 1. The van der Waals surface area contributed by atoms with E-state index in [1.54, 1.807) is 19.1 Å². The summed E-state index contributed by atoms with van der Waals surface area (Å²) >= 11 is 3.27. The minimum Gasteiger partial charge on any atom is -0.399 e. The normalized spacial score (nSPS) is 19.9. The molecule has 0 aliphatic carbocycles. The van der Waals surface area contributed by atoms with Crippen molar-refractivity contribution in [3.05, 3.63) is 22.7 Å². The molecule has 1 unspecified atom stereocenters. The lowest BCUT2D eigenvalue weighted by Gasteiger charge is -2.32. The van der Waals surface area contributed by atoms with E-state index in [4.69, 9.17) is 5.73 Å². The fraction of sp³-hybridized carbons (Fsp3) is 0.538. The van der Waals surface area contributed by atoms with Gasteiger partial charge < -0.3 is 10.8 Å². The quantitative estimate of drug-likeness (QED) is 0.803. The van der Waals surface area contributed by atoms with Crippen molar-refractivity contribution >= 4 is 31.6 Å². The molecule has 7 heteroatoms. The van der Waals surface area contributed by atoms with Crippen molar-refractivity contribution in [2.24, 2.45) is 5.92 Å². The highest BCUT2D eigenvalue weighted by molar-refractivity contribution is 9.10. The molecule has 1 aromatic rings. The number of hydrogen-bond acceptors (Lipinski definition) is 4. The summed E-state index contributed by atoms with van der Waals surface area (Å²) < 4.78 is 27.2. The number of halogens is 1. The number of anilines is 1. The molecule has 1 atom stereocenters. The molecule has 0 amide bonds. The molecule has 20 heavy (non-hydrogen) atoms. The maximum atomic E-state index is 12.6. The predicted octanol–water partition coefficient (Wildman–Crippen LogP) is 1.81. The SMILES string of the molecule is CC(O)C1CCN(S(=O)(=O)c2cc(N)ccc2Br)CC1. The standard InChI is InChI=1S/C13H19BrN2O3S/c1-9(17)10-4-6-16(7-5-10)20(18,19)13-8-11(15)2-3-12(13)14/h2-3,8-10,17H,4-7,15H2,1H3. The minimum absolute atomic E-state index is 0.172. The average Bonchev–Trinajstić information content (AvgIpc) is 2.41. The fourth-order valence-electron chi connectivity index (χ4n) is 2.46. The van der Waals surface area contributed by atoms with Crippen LogP contribution in [0.3, 0.4) is 0 Å². The Balaban J connectivity index is 2.22. The molecule has 1 aliphatic heterocycles. The summed E-state index contributed by atoms with van der Waals surface area (Å²) in [5.41, 5.74) is 6.10. The molecule has 0 bridgehead atoms. The Morgan fingerprint density at radius 3 is 2.55 bits per heavy atom. The molecule has 1 aliphatic rings. The summed E-state index contributed by atoms with van der Waals surface area (Å²) in [6.45, 7) is 2.61. The smallest absolute Gasteiger partial charge is 0.244 e. The van der Waals surface area contributed by atoms with Gasteiger partial charge in [0.25, 0.3) is 0 Å². The molecular formula is C13H19BrN2O3S. The van der Waals surface area contributed by atoms with Crippen LogP contribution < -0.4 is 5.73 Å². The number of benzene rings is 1. The van der Waals surface area contributed by atoms with Crippen LogP contribution in [0.15, 0.2) is 27.6 Å². The number of nitrogens with zero attached hydrogens (tertiary/aromatic N) is 1. The Morgan fingerprint density at radius 1 is 1.40 bits per heavy atom. The van der Waals surface area contributed by atoms with Crippen molar-refractivity contribution in [2.45, 2.75) is 30.8 Å². The van der Waals surface area contributed by atoms with E-state index in [0.29, 0.717) is 36.1 Å². The van der Waals surface area contributed by atoms with E-state index in [-0.39, 0.29) is 16.9 Å². The molecule has 1 heterocycles. The van der Waals surface area contributed by atoms with Crippen LogP contribution in [0.25, 0.3) is 0 Å². The van der Waals surface area contributed by atoms with Crippen LogP contribution in [0.1, 0.15) is 19.8 Å². The molecule has 5 nitrogen and oxygen atoms in total. The first-order valence-electron chi connectivity index (χ1n) is 6.55. The number of hydrogen-bond donors (Lipinski definition) is 2. The zero-order valence-electron chi connectivity index (χ0n) is 11.3. The molecule has 1 saturated heterocycles. The van der Waals surface area contributed by atoms with Gasteiger partial charge in [-0.1, -0.05) is 0 Å². The summed E-state index contributed by atoms with van der Waals surface area (Å²) in [7, 11) is -3.54. The van der Waals surface area contributed by atoms with Gasteiger partial charge in [0.05, 0.1) is 11.0 Å². The zero-order chi connectivity index (χ0) is 14.9. The summed E-state index contributed by atoms with van der Waals surface area (Å²) in [6, 6.07) is 4.77. The molecule has 0 spiro atoms. The van der Waals surface area contributed by atoms with Gasteiger partial charge in [-0.05, 0) is 59.8 Å². The average molecular weight is 363 g/mol. The number of nitrogens with two attached hydrogens (primary N) is 1. The van der Waals surface area contributed by atoms with Crippen molar-refractivity contribution in [3.63, 3.8) is 0 Å². The van der Waals surface area contributed by atoms with Crippen molar-refractivity contribution in [1.82, 2.24) is 4.31 Å². The topological polar surface area (TPSA) is 83.6 Å². The highest BCUT2D eigenvalue weighted by Crippen LogP contribution is 2.30. The summed E-state index contributed by atoms with van der Waals surface area (Å²) in [6.07, 6.45) is 0.965. The highest BCUT2D eigenvalue weighted by Gasteiger charge is 2.32. The summed E-state index contributed by atoms with van der Waals surface area (Å²) in [4.78, 5) is 0.202. The van der Waals surface area contributed by atoms with E-state index in [0.717, 1.165) is 0 Å². The lowest BCUT2D eigenvalue weighted by molar-refractivity contribution is 0.0912. The van der Waals surface area contributed by atoms with Gasteiger partial charge >= 0.3 is 0 Å². The lowest BCUT2D eigenvalue weighted by Crippen LogP contribution is -2.40. The lowest BCUT2D eigenvalue weighted by atomic mass is 9.93. The van der Waals surface area contributed by atoms with Crippen molar-refractivity contribution in [1.29, 1.82) is 0 Å². The molecule has 2 rings (SSSR count). The van der Waals surface area contributed by atoms with Crippen LogP contribution >= 0.6 is 15.9 Å². The monoisotopic (exact) mass is 362 g/mol. The Bertz CT molecular complexity index is 581. The third-order valence-electron chi connectivity index (χ3n) is 3.75. The third-order valence-corrected chi connectivity index (χ3v) is 6.65. The van der Waals surface area contributed by atoms with E-state index >= 15 is 0 Å². The van der Waals surface area contributed by atoms with Crippen molar-refractivity contribution in [3.8, 4) is 0 Å². The molecule has 0 saturated carbocycles. The Labute approximate surface area is 128 Å². The van der Waals surface area contributed by atoms with Crippen LogP contribution in [-0.2, 0) is 10.0 Å². The largest absolute Gasteiger partial charge is 0.399 e. The van der Waals surface area contributed by atoms with Crippen molar-refractivity contribution < 1.29 is 13.5 Å². The van der Waals surface area contributed by atoms with Gasteiger partial charge in [-0.2, -0.15) is 4.31 Å². The predicted molar refractivity (Wildman–Crippen MR) is 81.7 cm³/mol. The van der Waals surface area contributed by atoms with Gasteiger partial charge in [0, 0.05) is 23.2 Å². The van der Waals surface area contributed by atoms with E-state index < -0.39 is 10.0 Å². The second-order valence-corrected chi connectivity index (χ2v) is 7.93. The Kier molecular flexibility index (Phi) is 4.73. The number of aliphatic hydroxyl groups is 1. The van der Waals surface area contributed by atoms with Crippen LogP contribution in [0, 0.1) is 5.92 Å². The van der Waals surface area contributed by atoms with E-state index in [1.165, 1.54) is 10.4 Å². The van der Waals surface area contributed by atoms with Gasteiger partial charge in [0.2, 0.25) is 10.0 Å². The molecule has 0 aromatic heterocycles. The fourth-order valence-corrected chi connectivity index (χ4v) is 4.88. The molecular weight excluding hydrogens is 344 g/mol. The summed E-state index contributed by atoms with van der Waals surface area (Å²) in [5.74, 6) is 0.172. The van der Waals surface area contributed by atoms with Gasteiger partial charge in [-0.3, -0.25) is 0 Å². The molecule has 1 fully saturated rings.